The summed E-state index contributed by atoms with van der Waals surface area (Å²) in [5.41, 5.74) is 2.90. The second-order valence-corrected chi connectivity index (χ2v) is 7.80. The summed E-state index contributed by atoms with van der Waals surface area (Å²) in [5.74, 6) is 0.694. The number of rotatable bonds is 4. The lowest BCUT2D eigenvalue weighted by Crippen LogP contribution is -2.19. The van der Waals surface area contributed by atoms with E-state index in [2.05, 4.69) is 32.2 Å². The molecule has 4 aromatic rings. The van der Waals surface area contributed by atoms with Crippen molar-refractivity contribution in [1.29, 1.82) is 0 Å². The third-order valence-electron chi connectivity index (χ3n) is 3.61. The molecule has 0 N–H and O–H groups in total. The topological polar surface area (TPSA) is 47.8 Å². The van der Waals surface area contributed by atoms with Crippen LogP contribution in [-0.2, 0) is 12.8 Å². The zero-order chi connectivity index (χ0) is 16.5. The van der Waals surface area contributed by atoms with Crippen LogP contribution in [0.3, 0.4) is 0 Å². The number of aromatic nitrogens is 3. The predicted molar refractivity (Wildman–Crippen MR) is 102 cm³/mol. The highest BCUT2D eigenvalue weighted by Crippen LogP contribution is 2.28. The zero-order valence-corrected chi connectivity index (χ0v) is 15.3. The smallest absolute Gasteiger partial charge is 0.261 e. The molecule has 0 aliphatic heterocycles. The highest BCUT2D eigenvalue weighted by atomic mass is 32.2. The van der Waals surface area contributed by atoms with Gasteiger partial charge in [-0.3, -0.25) is 9.36 Å². The second kappa shape index (κ2) is 6.51. The number of benzene rings is 1. The third-order valence-corrected chi connectivity index (χ3v) is 6.30. The molecule has 0 fully saturated rings. The molecular formula is C17H13N3OS3. The summed E-state index contributed by atoms with van der Waals surface area (Å²) >= 11 is 4.86. The van der Waals surface area contributed by atoms with Gasteiger partial charge in [-0.2, -0.15) is 11.3 Å². The number of thiazole rings is 1. The maximum Gasteiger partial charge on any atom is 0.261 e. The fourth-order valence-corrected chi connectivity index (χ4v) is 4.86. The lowest BCUT2D eigenvalue weighted by molar-refractivity contribution is 0.726. The van der Waals surface area contributed by atoms with Gasteiger partial charge < -0.3 is 0 Å². The third kappa shape index (κ3) is 2.90. The van der Waals surface area contributed by atoms with Crippen molar-refractivity contribution in [2.24, 2.45) is 7.05 Å². The number of hydrogen-bond donors (Lipinski definition) is 0. The van der Waals surface area contributed by atoms with E-state index in [4.69, 9.17) is 0 Å². The van der Waals surface area contributed by atoms with E-state index in [1.165, 1.54) is 11.8 Å². The van der Waals surface area contributed by atoms with E-state index in [9.17, 15) is 4.79 Å². The Bertz CT molecular complexity index is 1050. The van der Waals surface area contributed by atoms with Crippen LogP contribution in [0.1, 0.15) is 5.69 Å². The molecule has 0 aliphatic carbocycles. The summed E-state index contributed by atoms with van der Waals surface area (Å²) < 4.78 is 1.61. The first-order chi connectivity index (χ1) is 11.7. The SMILES string of the molecule is Cn1c(SCc2csc(-c3ccsc3)n2)nc2ccccc2c1=O. The van der Waals surface area contributed by atoms with Crippen molar-refractivity contribution < 1.29 is 0 Å². The molecule has 0 amide bonds. The highest BCUT2D eigenvalue weighted by molar-refractivity contribution is 7.98. The molecule has 0 saturated heterocycles. The van der Waals surface area contributed by atoms with E-state index in [1.54, 1.807) is 34.3 Å². The Morgan fingerprint density at radius 2 is 2.04 bits per heavy atom. The Hall–Kier alpha value is -1.96. The number of nitrogens with zero attached hydrogens (tertiary/aromatic N) is 3. The summed E-state index contributed by atoms with van der Waals surface area (Å²) in [6, 6.07) is 9.52. The normalized spacial score (nSPS) is 11.2. The van der Waals surface area contributed by atoms with Crippen molar-refractivity contribution in [3.05, 3.63) is 62.5 Å². The Morgan fingerprint density at radius 1 is 1.17 bits per heavy atom. The number of para-hydroxylation sites is 1. The van der Waals surface area contributed by atoms with Crippen molar-refractivity contribution in [2.45, 2.75) is 10.9 Å². The largest absolute Gasteiger partial charge is 0.290 e. The van der Waals surface area contributed by atoms with Crippen LogP contribution in [0.15, 0.2) is 56.4 Å². The Labute approximate surface area is 150 Å². The molecule has 4 nitrogen and oxygen atoms in total. The summed E-state index contributed by atoms with van der Waals surface area (Å²) in [7, 11) is 1.77. The number of fused-ring (bicyclic) bond motifs is 1. The highest BCUT2D eigenvalue weighted by Gasteiger charge is 2.10. The average molecular weight is 372 g/mol. The van der Waals surface area contributed by atoms with Gasteiger partial charge in [0.2, 0.25) is 0 Å². The summed E-state index contributed by atoms with van der Waals surface area (Å²) in [6.07, 6.45) is 0. The van der Waals surface area contributed by atoms with E-state index in [0.717, 1.165) is 21.8 Å². The molecule has 3 heterocycles. The van der Waals surface area contributed by atoms with Gasteiger partial charge in [0.15, 0.2) is 5.16 Å². The molecule has 0 saturated carbocycles. The molecule has 0 bridgehead atoms. The monoisotopic (exact) mass is 371 g/mol. The van der Waals surface area contributed by atoms with Gasteiger partial charge in [0.25, 0.3) is 5.56 Å². The molecule has 0 radical (unpaired) electrons. The van der Waals surface area contributed by atoms with Gasteiger partial charge in [-0.25, -0.2) is 9.97 Å². The van der Waals surface area contributed by atoms with Crippen LogP contribution in [0.5, 0.6) is 0 Å². The molecule has 0 spiro atoms. The molecule has 0 unspecified atom stereocenters. The molecule has 3 aromatic heterocycles. The van der Waals surface area contributed by atoms with Crippen molar-refractivity contribution in [3.8, 4) is 10.6 Å². The zero-order valence-electron chi connectivity index (χ0n) is 12.8. The van der Waals surface area contributed by atoms with E-state index < -0.39 is 0 Å². The first-order valence-electron chi connectivity index (χ1n) is 7.28. The summed E-state index contributed by atoms with van der Waals surface area (Å²) in [4.78, 5) is 21.7. The maximum absolute atomic E-state index is 12.4. The first kappa shape index (κ1) is 15.6. The van der Waals surface area contributed by atoms with Gasteiger partial charge in [0.1, 0.15) is 5.01 Å². The van der Waals surface area contributed by atoms with Crippen molar-refractivity contribution in [3.63, 3.8) is 0 Å². The van der Waals surface area contributed by atoms with Crippen LogP contribution in [0.4, 0.5) is 0 Å². The molecule has 7 heteroatoms. The Balaban J connectivity index is 1.59. The van der Waals surface area contributed by atoms with Crippen LogP contribution < -0.4 is 5.56 Å². The van der Waals surface area contributed by atoms with E-state index in [1.807, 2.05) is 24.3 Å². The van der Waals surface area contributed by atoms with Crippen LogP contribution in [0, 0.1) is 0 Å². The lowest BCUT2D eigenvalue weighted by atomic mass is 10.2. The van der Waals surface area contributed by atoms with E-state index in [0.29, 0.717) is 16.3 Å². The van der Waals surface area contributed by atoms with E-state index in [-0.39, 0.29) is 5.56 Å². The fraction of sp³-hybridized carbons (Fsp3) is 0.118. The first-order valence-corrected chi connectivity index (χ1v) is 10.1. The summed E-state index contributed by atoms with van der Waals surface area (Å²) in [6.45, 7) is 0. The van der Waals surface area contributed by atoms with Crippen LogP contribution in [0.2, 0.25) is 0 Å². The number of thioether (sulfide) groups is 1. The van der Waals surface area contributed by atoms with Gasteiger partial charge in [-0.05, 0) is 23.6 Å². The molecule has 120 valence electrons. The van der Waals surface area contributed by atoms with Crippen molar-refractivity contribution in [2.75, 3.05) is 0 Å². The number of thiophene rings is 1. The molecule has 0 atom stereocenters. The van der Waals surface area contributed by atoms with Crippen LogP contribution >= 0.6 is 34.4 Å². The molecule has 1 aromatic carbocycles. The number of hydrogen-bond acceptors (Lipinski definition) is 6. The molecule has 24 heavy (non-hydrogen) atoms. The van der Waals surface area contributed by atoms with Crippen molar-refractivity contribution >= 4 is 45.3 Å². The minimum atomic E-state index is -0.0136. The van der Waals surface area contributed by atoms with Gasteiger partial charge in [0.05, 0.1) is 16.6 Å². The lowest BCUT2D eigenvalue weighted by Gasteiger charge is -2.07. The van der Waals surface area contributed by atoms with Gasteiger partial charge >= 0.3 is 0 Å². The quantitative estimate of drug-likeness (QED) is 0.394. The fourth-order valence-electron chi connectivity index (χ4n) is 2.36. The Kier molecular flexibility index (Phi) is 4.22. The molecule has 4 rings (SSSR count). The van der Waals surface area contributed by atoms with Gasteiger partial charge in [0, 0.05) is 29.1 Å². The van der Waals surface area contributed by atoms with E-state index >= 15 is 0 Å². The minimum absolute atomic E-state index is 0.0136. The maximum atomic E-state index is 12.4. The van der Waals surface area contributed by atoms with Gasteiger partial charge in [-0.15, -0.1) is 11.3 Å². The average Bonchev–Trinajstić information content (AvgIpc) is 3.28. The summed E-state index contributed by atoms with van der Waals surface area (Å²) in [5, 5.41) is 8.62. The standard InChI is InChI=1S/C17H13N3OS3/c1-20-16(21)13-4-2-3-5-14(13)19-17(20)24-10-12-9-23-15(18-12)11-6-7-22-8-11/h2-9H,10H2,1H3. The predicted octanol–water partition coefficient (Wildman–Crippen LogP) is 4.41. The van der Waals surface area contributed by atoms with Gasteiger partial charge in [-0.1, -0.05) is 23.9 Å². The molecule has 0 aliphatic rings. The van der Waals surface area contributed by atoms with Crippen LogP contribution in [-0.4, -0.2) is 14.5 Å². The van der Waals surface area contributed by atoms with Crippen LogP contribution in [0.25, 0.3) is 21.5 Å². The minimum Gasteiger partial charge on any atom is -0.290 e. The second-order valence-electron chi connectivity index (χ2n) is 5.22. The molecular weight excluding hydrogens is 358 g/mol. The Morgan fingerprint density at radius 3 is 2.88 bits per heavy atom. The van der Waals surface area contributed by atoms with Crippen molar-refractivity contribution in [1.82, 2.24) is 14.5 Å².